The standard InChI is InChI=1S/C13H24N2O/c1-9-7-12(9)15-13(16)11(14)8-10-5-3-2-4-6-10/h9-12H,2-8,14H2,1H3,(H,15,16). The van der Waals surface area contributed by atoms with Crippen LogP contribution in [0.2, 0.25) is 0 Å². The van der Waals surface area contributed by atoms with Crippen LogP contribution in [0.25, 0.3) is 0 Å². The third-order valence-corrected chi connectivity index (χ3v) is 4.09. The maximum absolute atomic E-state index is 11.8. The van der Waals surface area contributed by atoms with Gasteiger partial charge in [0.2, 0.25) is 5.91 Å². The lowest BCUT2D eigenvalue weighted by molar-refractivity contribution is -0.123. The van der Waals surface area contributed by atoms with Crippen molar-refractivity contribution in [3.63, 3.8) is 0 Å². The van der Waals surface area contributed by atoms with Crippen LogP contribution in [0.4, 0.5) is 0 Å². The Kier molecular flexibility index (Phi) is 3.85. The number of amides is 1. The van der Waals surface area contributed by atoms with Crippen LogP contribution in [0.15, 0.2) is 0 Å². The smallest absolute Gasteiger partial charge is 0.237 e. The fourth-order valence-corrected chi connectivity index (χ4v) is 2.70. The van der Waals surface area contributed by atoms with Gasteiger partial charge in [-0.2, -0.15) is 0 Å². The van der Waals surface area contributed by atoms with Crippen molar-refractivity contribution in [2.45, 2.75) is 64.0 Å². The molecule has 2 rings (SSSR count). The van der Waals surface area contributed by atoms with Crippen LogP contribution in [-0.2, 0) is 4.79 Å². The highest BCUT2D eigenvalue weighted by atomic mass is 16.2. The normalized spacial score (nSPS) is 32.1. The second-order valence-electron chi connectivity index (χ2n) is 5.67. The molecular formula is C13H24N2O. The minimum absolute atomic E-state index is 0.0694. The van der Waals surface area contributed by atoms with Gasteiger partial charge in [0.25, 0.3) is 0 Å². The van der Waals surface area contributed by atoms with Crippen molar-refractivity contribution in [3.8, 4) is 0 Å². The van der Waals surface area contributed by atoms with Crippen molar-refractivity contribution in [1.82, 2.24) is 5.32 Å². The van der Waals surface area contributed by atoms with Gasteiger partial charge in [-0.05, 0) is 24.7 Å². The van der Waals surface area contributed by atoms with Crippen LogP contribution >= 0.6 is 0 Å². The van der Waals surface area contributed by atoms with Crippen molar-refractivity contribution < 1.29 is 4.79 Å². The molecule has 16 heavy (non-hydrogen) atoms. The highest BCUT2D eigenvalue weighted by molar-refractivity contribution is 5.82. The minimum Gasteiger partial charge on any atom is -0.352 e. The van der Waals surface area contributed by atoms with Gasteiger partial charge in [-0.15, -0.1) is 0 Å². The number of nitrogens with two attached hydrogens (primary N) is 1. The molecule has 0 aromatic heterocycles. The first-order valence-corrected chi connectivity index (χ1v) is 6.72. The highest BCUT2D eigenvalue weighted by Crippen LogP contribution is 2.30. The third kappa shape index (κ3) is 3.21. The zero-order chi connectivity index (χ0) is 11.5. The molecular weight excluding hydrogens is 200 g/mol. The third-order valence-electron chi connectivity index (χ3n) is 4.09. The molecule has 3 heteroatoms. The summed E-state index contributed by atoms with van der Waals surface area (Å²) in [5.41, 5.74) is 5.96. The Morgan fingerprint density at radius 2 is 2.00 bits per heavy atom. The van der Waals surface area contributed by atoms with E-state index in [1.807, 2.05) is 0 Å². The maximum Gasteiger partial charge on any atom is 0.237 e. The van der Waals surface area contributed by atoms with Gasteiger partial charge < -0.3 is 11.1 Å². The van der Waals surface area contributed by atoms with E-state index in [1.54, 1.807) is 0 Å². The Morgan fingerprint density at radius 3 is 2.56 bits per heavy atom. The summed E-state index contributed by atoms with van der Waals surface area (Å²) < 4.78 is 0. The summed E-state index contributed by atoms with van der Waals surface area (Å²) in [6, 6.07) is 0.126. The van der Waals surface area contributed by atoms with E-state index in [0.29, 0.717) is 17.9 Å². The van der Waals surface area contributed by atoms with Crippen molar-refractivity contribution in [3.05, 3.63) is 0 Å². The van der Waals surface area contributed by atoms with Gasteiger partial charge in [0, 0.05) is 6.04 Å². The van der Waals surface area contributed by atoms with Crippen molar-refractivity contribution in [1.29, 1.82) is 0 Å². The number of hydrogen-bond acceptors (Lipinski definition) is 2. The number of carbonyl (C=O) groups is 1. The SMILES string of the molecule is CC1CC1NC(=O)C(N)CC1CCCCC1. The first-order chi connectivity index (χ1) is 7.66. The highest BCUT2D eigenvalue weighted by Gasteiger charge is 2.35. The summed E-state index contributed by atoms with van der Waals surface area (Å²) in [5.74, 6) is 1.41. The first-order valence-electron chi connectivity index (χ1n) is 6.72. The molecule has 0 bridgehead atoms. The molecule has 2 fully saturated rings. The molecule has 0 saturated heterocycles. The van der Waals surface area contributed by atoms with Gasteiger partial charge in [0.05, 0.1) is 6.04 Å². The predicted octanol–water partition coefficient (Wildman–Crippen LogP) is 1.81. The van der Waals surface area contributed by atoms with Crippen LogP contribution in [0.3, 0.4) is 0 Å². The van der Waals surface area contributed by atoms with Gasteiger partial charge in [-0.3, -0.25) is 4.79 Å². The molecule has 0 aromatic rings. The van der Waals surface area contributed by atoms with E-state index in [-0.39, 0.29) is 11.9 Å². The van der Waals surface area contributed by atoms with E-state index in [1.165, 1.54) is 32.1 Å². The molecule has 2 saturated carbocycles. The van der Waals surface area contributed by atoms with E-state index in [4.69, 9.17) is 5.73 Å². The summed E-state index contributed by atoms with van der Waals surface area (Å²) in [4.78, 5) is 11.8. The molecule has 3 nitrogen and oxygen atoms in total. The summed E-state index contributed by atoms with van der Waals surface area (Å²) in [6.45, 7) is 2.16. The van der Waals surface area contributed by atoms with Gasteiger partial charge in [0.15, 0.2) is 0 Å². The van der Waals surface area contributed by atoms with E-state index in [2.05, 4.69) is 12.2 Å². The average Bonchev–Trinajstić information content (AvgIpc) is 2.95. The molecule has 0 aromatic carbocycles. The van der Waals surface area contributed by atoms with Gasteiger partial charge in [0.1, 0.15) is 0 Å². The second-order valence-corrected chi connectivity index (χ2v) is 5.67. The van der Waals surface area contributed by atoms with E-state index in [9.17, 15) is 4.79 Å². The molecule has 1 amide bonds. The van der Waals surface area contributed by atoms with Gasteiger partial charge in [-0.1, -0.05) is 39.0 Å². The maximum atomic E-state index is 11.8. The predicted molar refractivity (Wildman–Crippen MR) is 64.9 cm³/mol. The summed E-state index contributed by atoms with van der Waals surface area (Å²) in [5, 5.41) is 3.03. The average molecular weight is 224 g/mol. The number of nitrogens with one attached hydrogen (secondary N) is 1. The van der Waals surface area contributed by atoms with Gasteiger partial charge >= 0.3 is 0 Å². The van der Waals surface area contributed by atoms with Crippen molar-refractivity contribution >= 4 is 5.91 Å². The quantitative estimate of drug-likeness (QED) is 0.765. The Hall–Kier alpha value is -0.570. The molecule has 3 atom stereocenters. The lowest BCUT2D eigenvalue weighted by Gasteiger charge is -2.24. The van der Waals surface area contributed by atoms with Crippen LogP contribution in [0.5, 0.6) is 0 Å². The Labute approximate surface area is 98.2 Å². The van der Waals surface area contributed by atoms with Crippen LogP contribution in [0, 0.1) is 11.8 Å². The molecule has 3 N–H and O–H groups in total. The van der Waals surface area contributed by atoms with E-state index in [0.717, 1.165) is 12.8 Å². The largest absolute Gasteiger partial charge is 0.352 e. The molecule has 0 aliphatic heterocycles. The molecule has 2 aliphatic carbocycles. The monoisotopic (exact) mass is 224 g/mol. The molecule has 0 radical (unpaired) electrons. The number of rotatable bonds is 4. The first kappa shape index (κ1) is 11.9. The topological polar surface area (TPSA) is 55.1 Å². The summed E-state index contributed by atoms with van der Waals surface area (Å²) >= 11 is 0. The lowest BCUT2D eigenvalue weighted by atomic mass is 9.85. The van der Waals surface area contributed by atoms with Gasteiger partial charge in [-0.25, -0.2) is 0 Å². The Morgan fingerprint density at radius 1 is 1.38 bits per heavy atom. The Bertz CT molecular complexity index is 248. The fraction of sp³-hybridized carbons (Fsp3) is 0.923. The summed E-state index contributed by atoms with van der Waals surface area (Å²) in [7, 11) is 0. The van der Waals surface area contributed by atoms with Crippen LogP contribution in [0.1, 0.15) is 51.9 Å². The van der Waals surface area contributed by atoms with E-state index < -0.39 is 0 Å². The zero-order valence-electron chi connectivity index (χ0n) is 10.2. The number of carbonyl (C=O) groups excluding carboxylic acids is 1. The van der Waals surface area contributed by atoms with E-state index >= 15 is 0 Å². The Balaban J connectivity index is 1.69. The lowest BCUT2D eigenvalue weighted by Crippen LogP contribution is -2.43. The molecule has 3 unspecified atom stereocenters. The number of hydrogen-bond donors (Lipinski definition) is 2. The second kappa shape index (κ2) is 5.17. The molecule has 0 heterocycles. The molecule has 2 aliphatic rings. The summed E-state index contributed by atoms with van der Waals surface area (Å²) in [6.07, 6.45) is 8.53. The molecule has 0 spiro atoms. The van der Waals surface area contributed by atoms with Crippen LogP contribution in [-0.4, -0.2) is 18.0 Å². The minimum atomic E-state index is -0.282. The fourth-order valence-electron chi connectivity index (χ4n) is 2.70. The molecule has 92 valence electrons. The van der Waals surface area contributed by atoms with Crippen molar-refractivity contribution in [2.75, 3.05) is 0 Å². The van der Waals surface area contributed by atoms with Crippen molar-refractivity contribution in [2.24, 2.45) is 17.6 Å². The zero-order valence-corrected chi connectivity index (χ0v) is 10.2. The van der Waals surface area contributed by atoms with Crippen LogP contribution < -0.4 is 11.1 Å².